The molecule has 1 aromatic heterocycles. The molecule has 0 amide bonds. The number of rotatable bonds is 5. The van der Waals surface area contributed by atoms with Gasteiger partial charge >= 0.3 is 0 Å². The van der Waals surface area contributed by atoms with Crippen LogP contribution in [-0.4, -0.2) is 11.0 Å². The fourth-order valence-corrected chi connectivity index (χ4v) is 2.49. The van der Waals surface area contributed by atoms with Crippen LogP contribution in [-0.2, 0) is 6.42 Å². The topological polar surface area (TPSA) is 77.0 Å². The molecule has 4 heteroatoms. The van der Waals surface area contributed by atoms with Gasteiger partial charge in [-0.1, -0.05) is 17.7 Å². The third-order valence-corrected chi connectivity index (χ3v) is 3.52. The van der Waals surface area contributed by atoms with E-state index < -0.39 is 0 Å². The van der Waals surface area contributed by atoms with Gasteiger partial charge in [-0.05, 0) is 50.2 Å². The molecule has 98 valence electrons. The molecule has 2 rings (SSSR count). The highest BCUT2D eigenvalue weighted by molar-refractivity contribution is 5.39. The standard InChI is InChI=1S/C14H22N4/c15-14-12(7-4-8-17-14)10-13(18-16)9-11-5-2-1-3-6-11/h4-5,7-8,13,18H,1-3,6,9-10,16H2,(H2,15,17). The van der Waals surface area contributed by atoms with Crippen LogP contribution in [0.25, 0.3) is 0 Å². The fourth-order valence-electron chi connectivity index (χ4n) is 2.49. The van der Waals surface area contributed by atoms with Gasteiger partial charge in [0, 0.05) is 12.2 Å². The predicted octanol–water partition coefficient (Wildman–Crippen LogP) is 1.93. The summed E-state index contributed by atoms with van der Waals surface area (Å²) < 4.78 is 0. The maximum Gasteiger partial charge on any atom is 0.126 e. The Morgan fingerprint density at radius 1 is 1.33 bits per heavy atom. The van der Waals surface area contributed by atoms with Crippen LogP contribution in [0.4, 0.5) is 5.82 Å². The minimum absolute atomic E-state index is 0.237. The molecule has 0 radical (unpaired) electrons. The zero-order chi connectivity index (χ0) is 12.8. The van der Waals surface area contributed by atoms with Crippen molar-refractivity contribution in [1.82, 2.24) is 10.4 Å². The number of nitrogens with zero attached hydrogens (tertiary/aromatic N) is 1. The average Bonchev–Trinajstić information content (AvgIpc) is 2.41. The van der Waals surface area contributed by atoms with Crippen molar-refractivity contribution in [3.05, 3.63) is 35.5 Å². The number of hydrogen-bond acceptors (Lipinski definition) is 4. The Hall–Kier alpha value is -1.39. The molecule has 18 heavy (non-hydrogen) atoms. The summed E-state index contributed by atoms with van der Waals surface area (Å²) in [5.41, 5.74) is 11.3. The van der Waals surface area contributed by atoms with Gasteiger partial charge in [0.1, 0.15) is 5.82 Å². The second kappa shape index (κ2) is 6.52. The molecule has 0 spiro atoms. The van der Waals surface area contributed by atoms with E-state index in [9.17, 15) is 0 Å². The Kier molecular flexibility index (Phi) is 4.73. The van der Waals surface area contributed by atoms with E-state index in [4.69, 9.17) is 11.6 Å². The van der Waals surface area contributed by atoms with Crippen molar-refractivity contribution in [1.29, 1.82) is 0 Å². The Labute approximate surface area is 108 Å². The van der Waals surface area contributed by atoms with Crippen LogP contribution in [0.15, 0.2) is 30.0 Å². The van der Waals surface area contributed by atoms with E-state index in [1.807, 2.05) is 12.1 Å². The summed E-state index contributed by atoms with van der Waals surface area (Å²) in [6.07, 6.45) is 11.0. The van der Waals surface area contributed by atoms with Crippen LogP contribution in [0.3, 0.4) is 0 Å². The van der Waals surface area contributed by atoms with E-state index in [1.54, 1.807) is 6.20 Å². The lowest BCUT2D eigenvalue weighted by atomic mass is 9.92. The van der Waals surface area contributed by atoms with Gasteiger partial charge in [0.25, 0.3) is 0 Å². The van der Waals surface area contributed by atoms with Crippen LogP contribution in [0.2, 0.25) is 0 Å². The normalized spacial score (nSPS) is 17.3. The van der Waals surface area contributed by atoms with Crippen LogP contribution in [0.5, 0.6) is 0 Å². The Balaban J connectivity index is 1.97. The molecule has 4 nitrogen and oxygen atoms in total. The number of anilines is 1. The summed E-state index contributed by atoms with van der Waals surface area (Å²) >= 11 is 0. The van der Waals surface area contributed by atoms with Gasteiger partial charge in [-0.2, -0.15) is 0 Å². The van der Waals surface area contributed by atoms with E-state index in [0.29, 0.717) is 5.82 Å². The molecule has 0 saturated carbocycles. The highest BCUT2D eigenvalue weighted by atomic mass is 15.2. The molecule has 0 bridgehead atoms. The smallest absolute Gasteiger partial charge is 0.126 e. The molecule has 0 fully saturated rings. The first-order valence-corrected chi connectivity index (χ1v) is 6.63. The van der Waals surface area contributed by atoms with Gasteiger partial charge < -0.3 is 5.73 Å². The summed E-state index contributed by atoms with van der Waals surface area (Å²) in [4.78, 5) is 4.11. The lowest BCUT2D eigenvalue weighted by Crippen LogP contribution is -2.37. The number of nitrogen functional groups attached to an aromatic ring is 1. The maximum atomic E-state index is 5.86. The lowest BCUT2D eigenvalue weighted by Gasteiger charge is -2.20. The third kappa shape index (κ3) is 3.55. The monoisotopic (exact) mass is 246 g/mol. The minimum Gasteiger partial charge on any atom is -0.383 e. The summed E-state index contributed by atoms with van der Waals surface area (Å²) in [6.45, 7) is 0. The molecule has 1 heterocycles. The van der Waals surface area contributed by atoms with Crippen LogP contribution < -0.4 is 17.0 Å². The molecule has 0 saturated heterocycles. The van der Waals surface area contributed by atoms with Gasteiger partial charge in [0.15, 0.2) is 0 Å². The highest BCUT2D eigenvalue weighted by Crippen LogP contribution is 2.22. The molecule has 0 aromatic carbocycles. The van der Waals surface area contributed by atoms with Crippen molar-refractivity contribution >= 4 is 5.82 Å². The van der Waals surface area contributed by atoms with Gasteiger partial charge in [-0.25, -0.2) is 4.98 Å². The summed E-state index contributed by atoms with van der Waals surface area (Å²) in [7, 11) is 0. The molecule has 1 aromatic rings. The molecule has 1 aliphatic carbocycles. The van der Waals surface area contributed by atoms with Gasteiger partial charge in [-0.3, -0.25) is 11.3 Å². The molecule has 5 N–H and O–H groups in total. The van der Waals surface area contributed by atoms with Crippen molar-refractivity contribution < 1.29 is 0 Å². The molecule has 1 atom stereocenters. The van der Waals surface area contributed by atoms with Gasteiger partial charge in [0.2, 0.25) is 0 Å². The van der Waals surface area contributed by atoms with Gasteiger partial charge in [0.05, 0.1) is 0 Å². The second-order valence-corrected chi connectivity index (χ2v) is 4.93. The first-order chi connectivity index (χ1) is 8.79. The Morgan fingerprint density at radius 2 is 2.22 bits per heavy atom. The van der Waals surface area contributed by atoms with Crippen molar-refractivity contribution in [2.75, 3.05) is 5.73 Å². The van der Waals surface area contributed by atoms with Crippen molar-refractivity contribution in [3.63, 3.8) is 0 Å². The number of hydrogen-bond donors (Lipinski definition) is 3. The Morgan fingerprint density at radius 3 is 2.89 bits per heavy atom. The molecular weight excluding hydrogens is 224 g/mol. The van der Waals surface area contributed by atoms with Crippen molar-refractivity contribution in [2.45, 2.75) is 44.6 Å². The number of nitrogens with two attached hydrogens (primary N) is 2. The quantitative estimate of drug-likeness (QED) is 0.421. The first kappa shape index (κ1) is 13.1. The van der Waals surface area contributed by atoms with Crippen LogP contribution in [0, 0.1) is 0 Å². The number of aromatic nitrogens is 1. The van der Waals surface area contributed by atoms with Crippen molar-refractivity contribution in [2.24, 2.45) is 5.84 Å². The van der Waals surface area contributed by atoms with Crippen molar-refractivity contribution in [3.8, 4) is 0 Å². The molecule has 1 aliphatic rings. The number of allylic oxidation sites excluding steroid dienone is 1. The molecule has 0 aliphatic heterocycles. The number of pyridine rings is 1. The molecule has 1 unspecified atom stereocenters. The maximum absolute atomic E-state index is 5.86. The fraction of sp³-hybridized carbons (Fsp3) is 0.500. The third-order valence-electron chi connectivity index (χ3n) is 3.52. The minimum atomic E-state index is 0.237. The highest BCUT2D eigenvalue weighted by Gasteiger charge is 2.13. The largest absolute Gasteiger partial charge is 0.383 e. The van der Waals surface area contributed by atoms with E-state index in [1.165, 1.54) is 31.3 Å². The number of hydrazine groups is 1. The van der Waals surface area contributed by atoms with Gasteiger partial charge in [-0.15, -0.1) is 0 Å². The lowest BCUT2D eigenvalue weighted by molar-refractivity contribution is 0.505. The van der Waals surface area contributed by atoms with Crippen LogP contribution in [0.1, 0.15) is 37.7 Å². The SMILES string of the molecule is NNC(CC1=CCCCC1)Cc1cccnc1N. The zero-order valence-electron chi connectivity index (χ0n) is 10.7. The predicted molar refractivity (Wildman–Crippen MR) is 74.6 cm³/mol. The van der Waals surface area contributed by atoms with Crippen LogP contribution >= 0.6 is 0 Å². The van der Waals surface area contributed by atoms with E-state index >= 15 is 0 Å². The summed E-state index contributed by atoms with van der Waals surface area (Å²) in [5.74, 6) is 6.26. The van der Waals surface area contributed by atoms with E-state index in [2.05, 4.69) is 16.5 Å². The van der Waals surface area contributed by atoms with E-state index in [-0.39, 0.29) is 6.04 Å². The summed E-state index contributed by atoms with van der Waals surface area (Å²) in [5, 5.41) is 0. The Bertz CT molecular complexity index is 414. The molecular formula is C14H22N4. The van der Waals surface area contributed by atoms with E-state index in [0.717, 1.165) is 18.4 Å². The first-order valence-electron chi connectivity index (χ1n) is 6.63. The second-order valence-electron chi connectivity index (χ2n) is 4.93. The zero-order valence-corrected chi connectivity index (χ0v) is 10.7. The average molecular weight is 246 g/mol. The summed E-state index contributed by atoms with van der Waals surface area (Å²) in [6, 6.07) is 4.17. The number of nitrogens with one attached hydrogen (secondary N) is 1.